The van der Waals surface area contributed by atoms with Crippen molar-refractivity contribution >= 4 is 29.9 Å². The normalized spacial score (nSPS) is 17.4. The Morgan fingerprint density at radius 1 is 1.35 bits per heavy atom. The number of amides is 1. The van der Waals surface area contributed by atoms with E-state index in [1.54, 1.807) is 17.0 Å². The number of aliphatic hydroxyl groups is 1. The number of carbonyl (C=O) groups excluding carboxylic acids is 1. The summed E-state index contributed by atoms with van der Waals surface area (Å²) in [6.45, 7) is 1.18. The van der Waals surface area contributed by atoms with Crippen molar-refractivity contribution in [3.63, 3.8) is 0 Å². The summed E-state index contributed by atoms with van der Waals surface area (Å²) in [7, 11) is 0. The zero-order chi connectivity index (χ0) is 13.8. The smallest absolute Gasteiger partial charge is 0.239 e. The number of piperidine rings is 1. The fourth-order valence-electron chi connectivity index (χ4n) is 2.28. The molecule has 0 saturated carbocycles. The fourth-order valence-corrected chi connectivity index (χ4v) is 2.41. The maximum Gasteiger partial charge on any atom is 0.239 e. The highest BCUT2D eigenvalue weighted by Crippen LogP contribution is 2.14. The molecule has 20 heavy (non-hydrogen) atoms. The first-order valence-corrected chi connectivity index (χ1v) is 6.91. The van der Waals surface area contributed by atoms with Gasteiger partial charge < -0.3 is 15.7 Å². The Hall–Kier alpha value is -0.810. The van der Waals surface area contributed by atoms with Crippen LogP contribution in [0.1, 0.15) is 18.4 Å². The summed E-state index contributed by atoms with van der Waals surface area (Å²) in [5.41, 5.74) is 6.97. The molecule has 4 nitrogen and oxygen atoms in total. The van der Waals surface area contributed by atoms with E-state index in [-0.39, 0.29) is 24.4 Å². The Balaban J connectivity index is 0.00000200. The van der Waals surface area contributed by atoms with Crippen LogP contribution >= 0.6 is 24.0 Å². The molecule has 0 aromatic heterocycles. The van der Waals surface area contributed by atoms with Gasteiger partial charge in [0, 0.05) is 18.1 Å². The van der Waals surface area contributed by atoms with Gasteiger partial charge >= 0.3 is 0 Å². The van der Waals surface area contributed by atoms with Crippen molar-refractivity contribution in [2.24, 2.45) is 5.73 Å². The van der Waals surface area contributed by atoms with Crippen molar-refractivity contribution < 1.29 is 9.90 Å². The van der Waals surface area contributed by atoms with Crippen molar-refractivity contribution in [3.8, 4) is 0 Å². The first-order chi connectivity index (χ1) is 9.06. The third-order valence-electron chi connectivity index (χ3n) is 3.46. The van der Waals surface area contributed by atoms with Gasteiger partial charge in [-0.15, -0.1) is 12.4 Å². The number of benzene rings is 1. The molecule has 2 rings (SSSR count). The van der Waals surface area contributed by atoms with Crippen LogP contribution in [0.5, 0.6) is 0 Å². The number of halogens is 2. The molecule has 0 aliphatic carbocycles. The molecule has 1 saturated heterocycles. The van der Waals surface area contributed by atoms with Crippen LogP contribution in [0.4, 0.5) is 0 Å². The van der Waals surface area contributed by atoms with Crippen molar-refractivity contribution in [2.45, 2.75) is 31.4 Å². The summed E-state index contributed by atoms with van der Waals surface area (Å²) in [4.78, 5) is 13.9. The largest absolute Gasteiger partial charge is 0.393 e. The van der Waals surface area contributed by atoms with Crippen molar-refractivity contribution in [2.75, 3.05) is 13.1 Å². The van der Waals surface area contributed by atoms with Crippen LogP contribution in [0, 0.1) is 0 Å². The standard InChI is InChI=1S/C14H19ClN2O2.ClH/c15-11-3-1-10(2-4-11)9-13(16)14(19)17-7-5-12(18)6-8-17;/h1-4,12-13,18H,5-9,16H2;1H/t13-;/m0./s1. The number of nitrogens with two attached hydrogens (primary N) is 1. The van der Waals surface area contributed by atoms with Crippen LogP contribution in [0.2, 0.25) is 5.02 Å². The highest BCUT2D eigenvalue weighted by atomic mass is 35.5. The lowest BCUT2D eigenvalue weighted by molar-refractivity contribution is -0.134. The molecule has 1 atom stereocenters. The molecule has 3 N–H and O–H groups in total. The van der Waals surface area contributed by atoms with Gasteiger partial charge in [-0.25, -0.2) is 0 Å². The lowest BCUT2D eigenvalue weighted by Gasteiger charge is -2.31. The van der Waals surface area contributed by atoms with Gasteiger partial charge in [0.2, 0.25) is 5.91 Å². The number of carbonyl (C=O) groups is 1. The predicted molar refractivity (Wildman–Crippen MR) is 82.2 cm³/mol. The van der Waals surface area contributed by atoms with Crippen LogP contribution in [0.25, 0.3) is 0 Å². The van der Waals surface area contributed by atoms with E-state index in [0.29, 0.717) is 37.4 Å². The molecule has 1 aromatic rings. The molecule has 1 aliphatic heterocycles. The lowest BCUT2D eigenvalue weighted by Crippen LogP contribution is -2.48. The van der Waals surface area contributed by atoms with Crippen LogP contribution in [0.3, 0.4) is 0 Å². The molecular formula is C14H20Cl2N2O2. The molecule has 1 amide bonds. The zero-order valence-corrected chi connectivity index (χ0v) is 12.7. The summed E-state index contributed by atoms with van der Waals surface area (Å²) in [5.74, 6) is -0.0400. The summed E-state index contributed by atoms with van der Waals surface area (Å²) in [5, 5.41) is 10.1. The second-order valence-corrected chi connectivity index (χ2v) is 5.43. The van der Waals surface area contributed by atoms with E-state index in [4.69, 9.17) is 17.3 Å². The molecule has 1 heterocycles. The van der Waals surface area contributed by atoms with Gasteiger partial charge in [-0.1, -0.05) is 23.7 Å². The van der Waals surface area contributed by atoms with E-state index in [1.807, 2.05) is 12.1 Å². The van der Waals surface area contributed by atoms with Crippen LogP contribution in [-0.2, 0) is 11.2 Å². The monoisotopic (exact) mass is 318 g/mol. The van der Waals surface area contributed by atoms with Gasteiger partial charge in [0.15, 0.2) is 0 Å². The maximum absolute atomic E-state index is 12.2. The molecule has 1 fully saturated rings. The number of hydrogen-bond donors (Lipinski definition) is 2. The Morgan fingerprint density at radius 2 is 1.90 bits per heavy atom. The molecule has 0 spiro atoms. The topological polar surface area (TPSA) is 66.6 Å². The quantitative estimate of drug-likeness (QED) is 0.890. The Kier molecular flexibility index (Phi) is 6.76. The second-order valence-electron chi connectivity index (χ2n) is 4.99. The van der Waals surface area contributed by atoms with Crippen molar-refractivity contribution in [1.29, 1.82) is 0 Å². The van der Waals surface area contributed by atoms with Crippen LogP contribution in [-0.4, -0.2) is 41.1 Å². The lowest BCUT2D eigenvalue weighted by atomic mass is 10.0. The van der Waals surface area contributed by atoms with E-state index < -0.39 is 6.04 Å². The Morgan fingerprint density at radius 3 is 2.45 bits per heavy atom. The first-order valence-electron chi connectivity index (χ1n) is 6.53. The number of hydrogen-bond acceptors (Lipinski definition) is 3. The summed E-state index contributed by atoms with van der Waals surface area (Å²) >= 11 is 5.82. The van der Waals surface area contributed by atoms with E-state index in [2.05, 4.69) is 0 Å². The molecule has 6 heteroatoms. The minimum atomic E-state index is -0.531. The summed E-state index contributed by atoms with van der Waals surface area (Å²) in [6, 6.07) is 6.83. The Bertz CT molecular complexity index is 431. The highest BCUT2D eigenvalue weighted by molar-refractivity contribution is 6.30. The molecule has 1 aliphatic rings. The average Bonchev–Trinajstić information content (AvgIpc) is 2.41. The van der Waals surface area contributed by atoms with E-state index in [9.17, 15) is 9.90 Å². The Labute approximate surface area is 130 Å². The van der Waals surface area contributed by atoms with Crippen LogP contribution in [0.15, 0.2) is 24.3 Å². The third-order valence-corrected chi connectivity index (χ3v) is 3.71. The molecular weight excluding hydrogens is 299 g/mol. The fraction of sp³-hybridized carbons (Fsp3) is 0.500. The number of nitrogens with zero attached hydrogens (tertiary/aromatic N) is 1. The van der Waals surface area contributed by atoms with Gasteiger partial charge in [-0.3, -0.25) is 4.79 Å². The molecule has 0 bridgehead atoms. The predicted octanol–water partition coefficient (Wildman–Crippen LogP) is 1.61. The molecule has 1 aromatic carbocycles. The average molecular weight is 319 g/mol. The number of rotatable bonds is 3. The van der Waals surface area contributed by atoms with Gasteiger partial charge in [0.25, 0.3) is 0 Å². The van der Waals surface area contributed by atoms with Crippen molar-refractivity contribution in [1.82, 2.24) is 4.90 Å². The number of aliphatic hydroxyl groups excluding tert-OH is 1. The second kappa shape index (κ2) is 7.84. The molecule has 0 unspecified atom stereocenters. The summed E-state index contributed by atoms with van der Waals surface area (Å²) < 4.78 is 0. The minimum Gasteiger partial charge on any atom is -0.393 e. The van der Waals surface area contributed by atoms with Gasteiger partial charge in [-0.2, -0.15) is 0 Å². The first kappa shape index (κ1) is 17.2. The number of likely N-dealkylation sites (tertiary alicyclic amines) is 1. The van der Waals surface area contributed by atoms with Gasteiger partial charge in [0.05, 0.1) is 12.1 Å². The third kappa shape index (κ3) is 4.63. The van der Waals surface area contributed by atoms with E-state index in [1.165, 1.54) is 0 Å². The van der Waals surface area contributed by atoms with Crippen LogP contribution < -0.4 is 5.73 Å². The minimum absolute atomic E-state index is 0. The van der Waals surface area contributed by atoms with Gasteiger partial charge in [-0.05, 0) is 37.0 Å². The van der Waals surface area contributed by atoms with E-state index in [0.717, 1.165) is 5.56 Å². The molecule has 0 radical (unpaired) electrons. The zero-order valence-electron chi connectivity index (χ0n) is 11.2. The summed E-state index contributed by atoms with van der Waals surface area (Å²) in [6.07, 6.45) is 1.50. The van der Waals surface area contributed by atoms with Gasteiger partial charge in [0.1, 0.15) is 0 Å². The van der Waals surface area contributed by atoms with E-state index >= 15 is 0 Å². The van der Waals surface area contributed by atoms with Crippen molar-refractivity contribution in [3.05, 3.63) is 34.9 Å². The maximum atomic E-state index is 12.2. The molecule has 112 valence electrons. The SMILES string of the molecule is Cl.N[C@@H](Cc1ccc(Cl)cc1)C(=O)N1CCC(O)CC1. The highest BCUT2D eigenvalue weighted by Gasteiger charge is 2.25.